The molecule has 0 bridgehead atoms. The molecule has 1 aromatic heterocycles. The number of hydrogen-bond acceptors (Lipinski definition) is 3. The first-order valence-corrected chi connectivity index (χ1v) is 9.96. The lowest BCUT2D eigenvalue weighted by atomic mass is 9.76. The van der Waals surface area contributed by atoms with Gasteiger partial charge in [-0.25, -0.2) is 0 Å². The van der Waals surface area contributed by atoms with Crippen LogP contribution in [0.1, 0.15) is 38.3 Å². The molecule has 3 aliphatic heterocycles. The van der Waals surface area contributed by atoms with Crippen molar-refractivity contribution in [3.05, 3.63) is 24.0 Å². The van der Waals surface area contributed by atoms with Gasteiger partial charge in [0.25, 0.3) is 0 Å². The summed E-state index contributed by atoms with van der Waals surface area (Å²) in [6.07, 6.45) is 6.82. The van der Waals surface area contributed by atoms with Gasteiger partial charge in [-0.3, -0.25) is 9.69 Å². The molecule has 3 aliphatic rings. The van der Waals surface area contributed by atoms with Crippen LogP contribution in [-0.2, 0) is 17.9 Å². The second kappa shape index (κ2) is 6.76. The number of likely N-dealkylation sites (tertiary alicyclic amines) is 2. The smallest absolute Gasteiger partial charge is 0.240 e. The van der Waals surface area contributed by atoms with Crippen LogP contribution in [0.4, 0.5) is 0 Å². The van der Waals surface area contributed by atoms with E-state index in [1.54, 1.807) is 0 Å². The third kappa shape index (κ3) is 3.24. The number of nitrogens with zero attached hydrogens (tertiary/aromatic N) is 4. The van der Waals surface area contributed by atoms with Gasteiger partial charge in [-0.15, -0.1) is 0 Å². The van der Waals surface area contributed by atoms with Crippen LogP contribution in [0.5, 0.6) is 0 Å². The molecule has 5 heteroatoms. The van der Waals surface area contributed by atoms with Crippen molar-refractivity contribution in [1.29, 1.82) is 0 Å². The fourth-order valence-electron chi connectivity index (χ4n) is 5.08. The van der Waals surface area contributed by atoms with Gasteiger partial charge in [-0.05, 0) is 69.9 Å². The Bertz CT molecular complexity index is 617. The molecule has 25 heavy (non-hydrogen) atoms. The first-order chi connectivity index (χ1) is 12.1. The van der Waals surface area contributed by atoms with E-state index in [0.29, 0.717) is 11.3 Å². The van der Waals surface area contributed by atoms with Gasteiger partial charge in [0.05, 0.1) is 12.6 Å². The van der Waals surface area contributed by atoms with Crippen LogP contribution in [0.25, 0.3) is 0 Å². The third-order valence-electron chi connectivity index (χ3n) is 6.65. The van der Waals surface area contributed by atoms with Crippen LogP contribution in [0, 0.1) is 5.41 Å². The number of hydrogen-bond donors (Lipinski definition) is 0. The Morgan fingerprint density at radius 1 is 1.24 bits per heavy atom. The van der Waals surface area contributed by atoms with Crippen molar-refractivity contribution < 1.29 is 4.79 Å². The van der Waals surface area contributed by atoms with Crippen molar-refractivity contribution in [2.24, 2.45) is 5.41 Å². The van der Waals surface area contributed by atoms with Gasteiger partial charge in [0, 0.05) is 31.5 Å². The van der Waals surface area contributed by atoms with Gasteiger partial charge < -0.3 is 14.4 Å². The summed E-state index contributed by atoms with van der Waals surface area (Å²) in [4.78, 5) is 20.4. The molecular weight excluding hydrogens is 312 g/mol. The highest BCUT2D eigenvalue weighted by atomic mass is 16.2. The van der Waals surface area contributed by atoms with E-state index in [4.69, 9.17) is 0 Å². The highest BCUT2D eigenvalue weighted by Crippen LogP contribution is 2.43. The molecule has 0 aliphatic carbocycles. The maximum Gasteiger partial charge on any atom is 0.240 e. The van der Waals surface area contributed by atoms with E-state index >= 15 is 0 Å². The van der Waals surface area contributed by atoms with Crippen molar-refractivity contribution in [2.75, 3.05) is 39.8 Å². The van der Waals surface area contributed by atoms with Crippen molar-refractivity contribution >= 4 is 5.91 Å². The number of amides is 1. The van der Waals surface area contributed by atoms with E-state index in [9.17, 15) is 4.79 Å². The van der Waals surface area contributed by atoms with Gasteiger partial charge in [-0.2, -0.15) is 0 Å². The van der Waals surface area contributed by atoms with Crippen molar-refractivity contribution in [1.82, 2.24) is 19.3 Å². The average molecular weight is 345 g/mol. The Morgan fingerprint density at radius 3 is 2.80 bits per heavy atom. The lowest BCUT2D eigenvalue weighted by molar-refractivity contribution is -0.137. The quantitative estimate of drug-likeness (QED) is 0.841. The molecule has 5 nitrogen and oxygen atoms in total. The van der Waals surface area contributed by atoms with Gasteiger partial charge in [0.2, 0.25) is 5.91 Å². The van der Waals surface area contributed by atoms with Crippen LogP contribution in [0.2, 0.25) is 0 Å². The molecular formula is C20H32N4O. The summed E-state index contributed by atoms with van der Waals surface area (Å²) in [5.41, 5.74) is 1.64. The predicted molar refractivity (Wildman–Crippen MR) is 99.3 cm³/mol. The molecule has 1 aromatic rings. The predicted octanol–water partition coefficient (Wildman–Crippen LogP) is 2.03. The van der Waals surface area contributed by atoms with Gasteiger partial charge in [-0.1, -0.05) is 6.92 Å². The molecule has 2 fully saturated rings. The lowest BCUT2D eigenvalue weighted by Crippen LogP contribution is -2.48. The van der Waals surface area contributed by atoms with Crippen molar-refractivity contribution in [3.8, 4) is 0 Å². The normalized spacial score (nSPS) is 27.0. The van der Waals surface area contributed by atoms with Crippen LogP contribution >= 0.6 is 0 Å². The van der Waals surface area contributed by atoms with E-state index in [2.05, 4.69) is 51.6 Å². The Labute approximate surface area is 151 Å². The molecule has 1 atom stereocenters. The number of aromatic nitrogens is 1. The summed E-state index contributed by atoms with van der Waals surface area (Å²) >= 11 is 0. The maximum absolute atomic E-state index is 13.4. The number of fused-ring (bicyclic) bond motifs is 1. The molecule has 0 radical (unpaired) electrons. The first-order valence-electron chi connectivity index (χ1n) is 9.96. The highest BCUT2D eigenvalue weighted by molar-refractivity contribution is 5.82. The summed E-state index contributed by atoms with van der Waals surface area (Å²) in [7, 11) is 2.22. The Hall–Kier alpha value is -1.33. The van der Waals surface area contributed by atoms with Crippen molar-refractivity contribution in [3.63, 3.8) is 0 Å². The van der Waals surface area contributed by atoms with Gasteiger partial charge >= 0.3 is 0 Å². The molecule has 0 unspecified atom stereocenters. The Kier molecular flexibility index (Phi) is 4.63. The fraction of sp³-hybridized carbons (Fsp3) is 0.750. The molecule has 0 N–H and O–H groups in total. The van der Waals surface area contributed by atoms with Gasteiger partial charge in [0.1, 0.15) is 0 Å². The maximum atomic E-state index is 13.4. The zero-order chi connectivity index (χ0) is 17.4. The molecule has 0 saturated carbocycles. The van der Waals surface area contributed by atoms with E-state index in [-0.39, 0.29) is 6.04 Å². The lowest BCUT2D eigenvalue weighted by Gasteiger charge is -2.37. The number of piperidine rings is 1. The number of carbonyl (C=O) groups excluding carboxylic acids is 1. The molecule has 4 heterocycles. The summed E-state index contributed by atoms with van der Waals surface area (Å²) < 4.78 is 2.28. The zero-order valence-corrected chi connectivity index (χ0v) is 15.8. The Morgan fingerprint density at radius 2 is 2.04 bits per heavy atom. The number of rotatable bonds is 3. The summed E-state index contributed by atoms with van der Waals surface area (Å²) in [6.45, 7) is 9.33. The summed E-state index contributed by atoms with van der Waals surface area (Å²) in [5.74, 6) is 0.372. The minimum atomic E-state index is 0.102. The van der Waals surface area contributed by atoms with E-state index in [1.807, 2.05) is 0 Å². The molecule has 138 valence electrons. The topological polar surface area (TPSA) is 31.7 Å². The third-order valence-corrected chi connectivity index (χ3v) is 6.65. The minimum absolute atomic E-state index is 0.102. The van der Waals surface area contributed by atoms with E-state index < -0.39 is 0 Å². The highest BCUT2D eigenvalue weighted by Gasteiger charge is 2.48. The average Bonchev–Trinajstić information content (AvgIpc) is 3.22. The van der Waals surface area contributed by atoms with Crippen LogP contribution in [0.3, 0.4) is 0 Å². The molecule has 4 rings (SSSR count). The van der Waals surface area contributed by atoms with Crippen LogP contribution < -0.4 is 0 Å². The Balaban J connectivity index is 1.48. The van der Waals surface area contributed by atoms with Gasteiger partial charge in [0.15, 0.2) is 0 Å². The number of carbonyl (C=O) groups is 1. The second-order valence-electron chi connectivity index (χ2n) is 8.45. The monoisotopic (exact) mass is 344 g/mol. The SMILES string of the molecule is CCCN1CC2(CCN(C)CC2)C[C@@H]1C(=O)N1CCn2cccc2C1. The van der Waals surface area contributed by atoms with Crippen LogP contribution in [0.15, 0.2) is 18.3 Å². The van der Waals surface area contributed by atoms with Crippen molar-refractivity contribution in [2.45, 2.75) is 51.7 Å². The molecule has 1 amide bonds. The first kappa shape index (κ1) is 17.1. The largest absolute Gasteiger partial charge is 0.348 e. The standard InChI is InChI=1S/C20H32N4O/c1-3-8-24-16-20(6-10-21(2)11-7-20)14-18(24)19(25)23-13-12-22-9-4-5-17(22)15-23/h4-5,9,18H,3,6-8,10-16H2,1-2H3/t18-/m1/s1. The second-order valence-corrected chi connectivity index (χ2v) is 8.45. The zero-order valence-electron chi connectivity index (χ0n) is 15.8. The van der Waals surface area contributed by atoms with E-state index in [0.717, 1.165) is 45.6 Å². The molecule has 0 aromatic carbocycles. The summed E-state index contributed by atoms with van der Waals surface area (Å²) in [6, 6.07) is 4.34. The molecule has 1 spiro atoms. The molecule has 2 saturated heterocycles. The summed E-state index contributed by atoms with van der Waals surface area (Å²) in [5, 5.41) is 0. The fourth-order valence-corrected chi connectivity index (χ4v) is 5.08. The van der Waals surface area contributed by atoms with E-state index in [1.165, 1.54) is 31.6 Å². The minimum Gasteiger partial charge on any atom is -0.348 e. The van der Waals surface area contributed by atoms with Crippen LogP contribution in [-0.4, -0.2) is 71.0 Å².